The Kier molecular flexibility index (Phi) is 1340. The van der Waals surface area contributed by atoms with Gasteiger partial charge >= 0.3 is 0 Å². The van der Waals surface area contributed by atoms with Gasteiger partial charge < -0.3 is 59.5 Å². The smallest absolute Gasteiger partial charge is 0.300 e. The van der Waals surface area contributed by atoms with Crippen LogP contribution in [-0.2, 0) is 26.4 Å². The van der Waals surface area contributed by atoms with E-state index in [1.54, 1.807) is 0 Å². The summed E-state index contributed by atoms with van der Waals surface area (Å²) in [4.78, 5) is 18.0. The number of hydrogen-bond donors (Lipinski definition) is 2. The molecule has 0 aromatic carbocycles. The van der Waals surface area contributed by atoms with Gasteiger partial charge in [0.05, 0.1) is 0 Å². The molecule has 0 aromatic heterocycles. The van der Waals surface area contributed by atoms with Crippen LogP contribution in [0.15, 0.2) is 0 Å². The van der Waals surface area contributed by atoms with Crippen molar-refractivity contribution in [1.29, 1.82) is 0 Å². The van der Waals surface area contributed by atoms with Gasteiger partial charge in [0, 0.05) is 30.6 Å². The Morgan fingerprint density at radius 3 is 0.556 bits per heavy atom. The second kappa shape index (κ2) is 142. The van der Waals surface area contributed by atoms with Gasteiger partial charge in [0.25, 0.3) is 11.9 Å². The fraction of sp³-hybridized carbons (Fsp3) is 0.500. The number of carbonyl (C=O) groups is 2. The summed E-state index contributed by atoms with van der Waals surface area (Å²) in [5.41, 5.74) is 0. The maximum absolute atomic E-state index is 9.00. The van der Waals surface area contributed by atoms with Crippen LogP contribution >= 0.6 is 0 Å². The molecule has 129 valence electrons. The largest absolute Gasteiger partial charge is 0.481 e. The number of carboxylic acid groups (broad SMARTS) is 2. The molecule has 0 atom stereocenters. The molecular weight excluding hydrogens is 315 g/mol. The zero-order chi connectivity index (χ0) is 7.15. The van der Waals surface area contributed by atoms with E-state index in [0.29, 0.717) is 0 Å². The molecule has 0 fully saturated rings. The first-order valence-corrected chi connectivity index (χ1v) is 1.86. The zero-order valence-electron chi connectivity index (χ0n) is 9.54. The van der Waals surface area contributed by atoms with E-state index in [1.807, 2.05) is 0 Å². The van der Waals surface area contributed by atoms with Gasteiger partial charge in [-0.3, -0.25) is 9.59 Å². The van der Waals surface area contributed by atoms with Crippen LogP contribution in [0.1, 0.15) is 13.8 Å². The maximum Gasteiger partial charge on any atom is 0.300 e. The molecule has 0 aliphatic rings. The molecule has 0 rings (SSSR count). The van der Waals surface area contributed by atoms with E-state index in [0.717, 1.165) is 13.8 Å². The van der Waals surface area contributed by atoms with E-state index in [9.17, 15) is 0 Å². The van der Waals surface area contributed by atoms with Gasteiger partial charge in [-0.1, -0.05) is 0 Å². The summed E-state index contributed by atoms with van der Waals surface area (Å²) in [6.45, 7) is 2.17. The van der Waals surface area contributed by atoms with E-state index in [2.05, 4.69) is 0 Å². The topological polar surface area (TPSA) is 358 Å². The number of rotatable bonds is 0. The van der Waals surface area contributed by atoms with Crippen molar-refractivity contribution in [3.63, 3.8) is 0 Å². The molecule has 0 aliphatic carbocycles. The Labute approximate surface area is 112 Å². The second-order valence-corrected chi connectivity index (χ2v) is 1.04. The van der Waals surface area contributed by atoms with Gasteiger partial charge in [0.2, 0.25) is 0 Å². The molecule has 0 saturated carbocycles. The first kappa shape index (κ1) is 171. The van der Waals surface area contributed by atoms with E-state index >= 15 is 0 Å². The zero-order valence-corrected chi connectivity index (χ0v) is 10.6. The number of hydrogen-bond acceptors (Lipinski definition) is 2. The fourth-order valence-corrected chi connectivity index (χ4v) is 0. The summed E-state index contributed by atoms with van der Waals surface area (Å²) in [5, 5.41) is 14.8. The van der Waals surface area contributed by atoms with Crippen molar-refractivity contribution in [3.05, 3.63) is 0 Å². The Hall–Kier alpha value is -0.914. The molecule has 18 heavy (non-hydrogen) atoms. The van der Waals surface area contributed by atoms with Gasteiger partial charge in [-0.15, -0.1) is 0 Å². The number of carboxylic acids is 2. The van der Waals surface area contributed by atoms with Crippen LogP contribution in [0.5, 0.6) is 0 Å². The Morgan fingerprint density at radius 1 is 0.556 bits per heavy atom. The minimum Gasteiger partial charge on any atom is -0.481 e. The van der Waals surface area contributed by atoms with Gasteiger partial charge in [-0.05, 0) is 0 Å². The monoisotopic (exact) mass is 341 g/mol. The van der Waals surface area contributed by atoms with Gasteiger partial charge in [0.15, 0.2) is 0 Å². The third kappa shape index (κ3) is 3590. The minimum absolute atomic E-state index is 0. The van der Waals surface area contributed by atoms with Crippen LogP contribution in [-0.4, -0.2) is 71.4 Å². The fourth-order valence-electron chi connectivity index (χ4n) is 0. The summed E-state index contributed by atoms with van der Waals surface area (Å²) in [5.74, 6) is -1.67. The molecule has 0 spiro atoms. The molecule has 0 amide bonds. The molecule has 0 heterocycles. The average Bonchev–Trinajstić information content (AvgIpc) is 1.25. The van der Waals surface area contributed by atoms with Crippen molar-refractivity contribution in [2.24, 2.45) is 0 Å². The van der Waals surface area contributed by atoms with Crippen LogP contribution in [0.4, 0.5) is 0 Å². The quantitative estimate of drug-likeness (QED) is 0.433. The molecule has 13 nitrogen and oxygen atoms in total. The third-order valence-corrected chi connectivity index (χ3v) is 0. The minimum atomic E-state index is -0.833. The van der Waals surface area contributed by atoms with Crippen LogP contribution < -0.4 is 0 Å². The van der Waals surface area contributed by atoms with E-state index in [-0.39, 0.29) is 66.1 Å². The first-order valence-electron chi connectivity index (χ1n) is 1.86. The molecule has 20 N–H and O–H groups in total. The van der Waals surface area contributed by atoms with Gasteiger partial charge in [-0.25, -0.2) is 0 Å². The predicted octanol–water partition coefficient (Wildman–Crippen LogP) is -7.24. The Balaban J connectivity index is -0.00000000257. The Morgan fingerprint density at radius 2 is 0.556 bits per heavy atom. The maximum atomic E-state index is 9.00. The molecule has 0 aliphatic heterocycles. The van der Waals surface area contributed by atoms with Crippen LogP contribution in [0.25, 0.3) is 0 Å². The van der Waals surface area contributed by atoms with Crippen molar-refractivity contribution in [1.82, 2.24) is 0 Å². The molecule has 14 heteroatoms. The number of aliphatic carboxylic acids is 2. The predicted molar refractivity (Wildman–Crippen MR) is 59.1 cm³/mol. The molecule has 0 bridgehead atoms. The van der Waals surface area contributed by atoms with Gasteiger partial charge in [-0.2, -0.15) is 0 Å². The second-order valence-electron chi connectivity index (χ2n) is 1.04. The van der Waals surface area contributed by atoms with E-state index in [1.165, 1.54) is 0 Å². The van der Waals surface area contributed by atoms with Gasteiger partial charge in [0.1, 0.15) is 0 Å². The first-order chi connectivity index (χ1) is 3.46. The summed E-state index contributed by atoms with van der Waals surface area (Å²) >= 11 is 0. The average molecular weight is 341 g/mol. The summed E-state index contributed by atoms with van der Waals surface area (Å²) in [6, 6.07) is 0. The van der Waals surface area contributed by atoms with Crippen LogP contribution in [0, 0.1) is 0 Å². The molecule has 0 aromatic rings. The SMILES string of the molecule is CC(=O)O.CC(=O)O.O.O.O.O.O.O.O.O.O.[Co]. The summed E-state index contributed by atoms with van der Waals surface area (Å²) in [6.07, 6.45) is 0. The molecular formula is C4H26CoO13. The van der Waals surface area contributed by atoms with Crippen molar-refractivity contribution >= 4 is 11.9 Å². The van der Waals surface area contributed by atoms with E-state index < -0.39 is 11.9 Å². The van der Waals surface area contributed by atoms with Crippen molar-refractivity contribution in [2.75, 3.05) is 0 Å². The molecule has 1 radical (unpaired) electrons. The summed E-state index contributed by atoms with van der Waals surface area (Å²) < 4.78 is 0. The summed E-state index contributed by atoms with van der Waals surface area (Å²) in [7, 11) is 0. The van der Waals surface area contributed by atoms with Crippen molar-refractivity contribution < 1.29 is 85.9 Å². The third-order valence-electron chi connectivity index (χ3n) is 0. The van der Waals surface area contributed by atoms with E-state index in [4.69, 9.17) is 19.8 Å². The Bertz CT molecular complexity index is 77.0. The molecule has 0 saturated heterocycles. The van der Waals surface area contributed by atoms with Crippen molar-refractivity contribution in [2.45, 2.75) is 13.8 Å². The van der Waals surface area contributed by atoms with Crippen molar-refractivity contribution in [3.8, 4) is 0 Å². The van der Waals surface area contributed by atoms with Crippen LogP contribution in [0.3, 0.4) is 0 Å². The molecule has 0 unspecified atom stereocenters. The van der Waals surface area contributed by atoms with Crippen LogP contribution in [0.2, 0.25) is 0 Å². The standard InChI is InChI=1S/2C2H4O2.Co.9H2O/c2*1-2(3)4;;;;;;;;;;/h2*1H3,(H,3,4);;9*1H2. The normalized spacial score (nSPS) is 2.78.